The van der Waals surface area contributed by atoms with Gasteiger partial charge in [-0.25, -0.2) is 9.37 Å². The van der Waals surface area contributed by atoms with Crippen molar-refractivity contribution >= 4 is 83.6 Å². The number of benzene rings is 6. The number of anilines is 2. The van der Waals surface area contributed by atoms with Crippen molar-refractivity contribution in [3.8, 4) is 11.3 Å². The molecule has 324 valence electrons. The first-order valence-electron chi connectivity index (χ1n) is 22.2. The number of rotatable bonds is 8. The molecule has 0 radical (unpaired) electrons. The van der Waals surface area contributed by atoms with E-state index >= 15 is 0 Å². The van der Waals surface area contributed by atoms with Crippen LogP contribution in [0.5, 0.6) is 0 Å². The van der Waals surface area contributed by atoms with E-state index in [1.165, 1.54) is 44.4 Å². The molecule has 0 spiro atoms. The Balaban J connectivity index is 0.000000225. The average Bonchev–Trinajstić information content (AvgIpc) is 3.81. The van der Waals surface area contributed by atoms with Gasteiger partial charge in [-0.15, -0.1) is 52.5 Å². The van der Waals surface area contributed by atoms with Crippen LogP contribution in [0.3, 0.4) is 0 Å². The van der Waals surface area contributed by atoms with Crippen LogP contribution in [0.4, 0.5) is 21.5 Å². The summed E-state index contributed by atoms with van der Waals surface area (Å²) in [4.78, 5) is 13.0. The molecule has 0 N–H and O–H groups in total. The van der Waals surface area contributed by atoms with Crippen molar-refractivity contribution in [2.75, 3.05) is 4.90 Å². The Bertz CT molecular complexity index is 3110. The van der Waals surface area contributed by atoms with Crippen molar-refractivity contribution in [3.05, 3.63) is 173 Å². The number of para-hydroxylation sites is 1. The summed E-state index contributed by atoms with van der Waals surface area (Å²) >= 11 is 1.67. The number of thiophene rings is 1. The molecule has 4 heterocycles. The summed E-state index contributed by atoms with van der Waals surface area (Å²) in [6.07, 6.45) is 2.94. The first kappa shape index (κ1) is 45.3. The number of aromatic nitrogens is 2. The van der Waals surface area contributed by atoms with Crippen molar-refractivity contribution in [2.24, 2.45) is 5.92 Å². The molecular weight excluding hydrogens is 1000 g/mol. The molecule has 4 nitrogen and oxygen atoms in total. The second kappa shape index (κ2) is 18.3. The maximum absolute atomic E-state index is 14.1. The number of halogens is 1. The van der Waals surface area contributed by atoms with Gasteiger partial charge in [0.2, 0.25) is 0 Å². The van der Waals surface area contributed by atoms with Crippen molar-refractivity contribution in [3.63, 3.8) is 0 Å². The fourth-order valence-electron chi connectivity index (χ4n) is 9.05. The minimum absolute atomic E-state index is 0. The number of pyridine rings is 2. The molecule has 0 saturated carbocycles. The predicted molar refractivity (Wildman–Crippen MR) is 270 cm³/mol. The summed E-state index contributed by atoms with van der Waals surface area (Å²) in [5.41, 5.74) is 11.4. The maximum Gasteiger partial charge on any atom is 3.00 e. The maximum atomic E-state index is 14.1. The Hall–Kier alpha value is -5.24. The standard InChI is InChI=1S/C38H30FN3S.C18H24NSi.Ir/c1-21(2)27-11-7-12-28(22(3)4)35(27)42-34-20-24-10-6-5-9-23(24)19-33(34)40-37(42)30-14-8-13-29-31-18-25-17-26(39)15-16-32(25)41-38(31)43-36(29)30;1-14(2)11-16-12-17(15-9-7-6-8-10-15)19-13-18(16)20(3,4)5;/h5-13,15-22,37H,1-4H3;6-9,12-14H,11H2,1-5H3;/q-2;-1;+3. The number of hydrogen-bond donors (Lipinski definition) is 0. The minimum atomic E-state index is -1.34. The van der Waals surface area contributed by atoms with Gasteiger partial charge in [-0.05, 0) is 98.8 Å². The van der Waals surface area contributed by atoms with Gasteiger partial charge in [0.05, 0.1) is 13.6 Å². The molecule has 1 aliphatic heterocycles. The third kappa shape index (κ3) is 8.78. The molecule has 9 aromatic rings. The SMILES string of the molecule is CC(C)Cc1cc(-c2[c-]cccc2)ncc1[Si](C)(C)C.CC(C)c1cccc(C(C)C)c1N1c2cc3ccccc3cc2[N-]C1c1[c-]ccc2c1sc1nc3ccc(F)cc3cc12.[Ir+3]. The first-order chi connectivity index (χ1) is 30.2. The Morgan fingerprint density at radius 3 is 2.14 bits per heavy atom. The second-order valence-electron chi connectivity index (χ2n) is 18.9. The predicted octanol–water partition coefficient (Wildman–Crippen LogP) is 16.1. The van der Waals surface area contributed by atoms with Crippen LogP contribution in [-0.2, 0) is 26.5 Å². The second-order valence-corrected chi connectivity index (χ2v) is 25.0. The van der Waals surface area contributed by atoms with Crippen LogP contribution < -0.4 is 10.1 Å². The van der Waals surface area contributed by atoms with Gasteiger partial charge in [-0.2, -0.15) is 29.5 Å². The molecular formula is C56H54FIrN4SSi. The molecule has 0 aliphatic carbocycles. The molecule has 1 unspecified atom stereocenters. The van der Waals surface area contributed by atoms with Crippen molar-refractivity contribution < 1.29 is 24.5 Å². The zero-order chi connectivity index (χ0) is 44.2. The fourth-order valence-corrected chi connectivity index (χ4v) is 11.8. The summed E-state index contributed by atoms with van der Waals surface area (Å²) in [7, 11) is -1.34. The quantitative estimate of drug-likeness (QED) is 0.112. The Kier molecular flexibility index (Phi) is 13.0. The Morgan fingerprint density at radius 1 is 0.750 bits per heavy atom. The molecule has 8 heteroatoms. The van der Waals surface area contributed by atoms with E-state index in [2.05, 4.69) is 168 Å². The van der Waals surface area contributed by atoms with Crippen LogP contribution in [0.2, 0.25) is 19.6 Å². The van der Waals surface area contributed by atoms with Gasteiger partial charge in [-0.3, -0.25) is 0 Å². The van der Waals surface area contributed by atoms with Gasteiger partial charge >= 0.3 is 20.1 Å². The van der Waals surface area contributed by atoms with Crippen LogP contribution >= 0.6 is 11.3 Å². The number of fused-ring (bicyclic) bond motifs is 6. The van der Waals surface area contributed by atoms with E-state index in [4.69, 9.17) is 10.3 Å². The topological polar surface area (TPSA) is 43.1 Å². The smallest absolute Gasteiger partial charge is 0.661 e. The van der Waals surface area contributed by atoms with Crippen molar-refractivity contribution in [2.45, 2.75) is 85.6 Å². The Labute approximate surface area is 396 Å². The summed E-state index contributed by atoms with van der Waals surface area (Å²) < 4.78 is 15.2. The summed E-state index contributed by atoms with van der Waals surface area (Å²) in [6, 6.07) is 48.0. The summed E-state index contributed by atoms with van der Waals surface area (Å²) in [5.74, 6) is 1.08. The normalized spacial score (nSPS) is 13.8. The van der Waals surface area contributed by atoms with Gasteiger partial charge in [0.25, 0.3) is 0 Å². The number of hydrogen-bond acceptors (Lipinski definition) is 4. The monoisotopic (exact) mass is 1050 g/mol. The molecule has 1 atom stereocenters. The van der Waals surface area contributed by atoms with Gasteiger partial charge in [-0.1, -0.05) is 126 Å². The third-order valence-electron chi connectivity index (χ3n) is 12.1. The largest absolute Gasteiger partial charge is 3.00 e. The third-order valence-corrected chi connectivity index (χ3v) is 15.3. The van der Waals surface area contributed by atoms with Crippen LogP contribution in [0.25, 0.3) is 58.6 Å². The van der Waals surface area contributed by atoms with E-state index in [9.17, 15) is 4.39 Å². The summed E-state index contributed by atoms with van der Waals surface area (Å²) in [5, 5.41) is 12.3. The van der Waals surface area contributed by atoms with E-state index in [0.717, 1.165) is 65.8 Å². The van der Waals surface area contributed by atoms with Gasteiger partial charge in [0.15, 0.2) is 0 Å². The van der Waals surface area contributed by atoms with Gasteiger partial charge < -0.3 is 15.2 Å². The van der Waals surface area contributed by atoms with E-state index in [-0.39, 0.29) is 32.1 Å². The zero-order valence-electron chi connectivity index (χ0n) is 38.0. The fraction of sp³-hybridized carbons (Fsp3) is 0.250. The molecule has 3 aromatic heterocycles. The van der Waals surface area contributed by atoms with Crippen LogP contribution in [0, 0.1) is 23.9 Å². The molecule has 64 heavy (non-hydrogen) atoms. The molecule has 1 aliphatic rings. The average molecular weight is 1050 g/mol. The van der Waals surface area contributed by atoms with E-state index in [0.29, 0.717) is 17.8 Å². The molecule has 0 fully saturated rings. The molecule has 0 saturated heterocycles. The molecule has 0 bridgehead atoms. The molecule has 0 amide bonds. The number of nitrogens with zero attached hydrogens (tertiary/aromatic N) is 4. The van der Waals surface area contributed by atoms with Crippen LogP contribution in [0.15, 0.2) is 128 Å². The van der Waals surface area contributed by atoms with Crippen molar-refractivity contribution in [1.82, 2.24) is 9.97 Å². The van der Waals surface area contributed by atoms with Crippen LogP contribution in [0.1, 0.15) is 81.8 Å². The first-order valence-corrected chi connectivity index (χ1v) is 26.5. The van der Waals surface area contributed by atoms with Crippen LogP contribution in [-0.4, -0.2) is 18.0 Å². The van der Waals surface area contributed by atoms with Crippen molar-refractivity contribution in [1.29, 1.82) is 0 Å². The van der Waals surface area contributed by atoms with Gasteiger partial charge in [0.1, 0.15) is 10.6 Å². The zero-order valence-corrected chi connectivity index (χ0v) is 42.3. The van der Waals surface area contributed by atoms with Gasteiger partial charge in [0, 0.05) is 23.0 Å². The van der Waals surface area contributed by atoms with E-state index in [1.807, 2.05) is 24.3 Å². The molecule has 10 rings (SSSR count). The minimum Gasteiger partial charge on any atom is -0.661 e. The Morgan fingerprint density at radius 2 is 1.47 bits per heavy atom. The van der Waals surface area contributed by atoms with E-state index in [1.54, 1.807) is 23.5 Å². The summed E-state index contributed by atoms with van der Waals surface area (Å²) in [6.45, 7) is 20.8. The van der Waals surface area contributed by atoms with E-state index < -0.39 is 8.07 Å². The molecule has 6 aromatic carbocycles.